The lowest BCUT2D eigenvalue weighted by Crippen LogP contribution is -2.13. The molecule has 0 radical (unpaired) electrons. The van der Waals surface area contributed by atoms with Crippen LogP contribution >= 0.6 is 11.8 Å². The van der Waals surface area contributed by atoms with E-state index in [1.54, 1.807) is 0 Å². The van der Waals surface area contributed by atoms with Gasteiger partial charge in [-0.05, 0) is 42.7 Å². The average molecular weight is 159 g/mol. The first-order valence-corrected chi connectivity index (χ1v) is 5.26. The van der Waals surface area contributed by atoms with Crippen molar-refractivity contribution in [3.63, 3.8) is 0 Å². The van der Waals surface area contributed by atoms with E-state index in [0.717, 1.165) is 12.5 Å². The highest BCUT2D eigenvalue weighted by molar-refractivity contribution is 7.99. The summed E-state index contributed by atoms with van der Waals surface area (Å²) in [5, 5.41) is 0. The van der Waals surface area contributed by atoms with E-state index in [4.69, 9.17) is 5.73 Å². The molecule has 0 bridgehead atoms. The summed E-state index contributed by atoms with van der Waals surface area (Å²) in [5.41, 5.74) is 5.49. The molecule has 60 valence electrons. The molecule has 1 saturated carbocycles. The van der Waals surface area contributed by atoms with E-state index in [1.165, 1.54) is 24.3 Å². The Morgan fingerprint density at radius 2 is 2.30 bits per heavy atom. The SMILES string of the molecule is CC(CN)CSCC1CC1. The standard InChI is InChI=1S/C8H17NS/c1-7(4-9)5-10-6-8-2-3-8/h7-8H,2-6,9H2,1H3. The van der Waals surface area contributed by atoms with Gasteiger partial charge in [0.15, 0.2) is 0 Å². The van der Waals surface area contributed by atoms with Crippen LogP contribution < -0.4 is 5.73 Å². The smallest absolute Gasteiger partial charge is 0.00296 e. The van der Waals surface area contributed by atoms with Crippen molar-refractivity contribution >= 4 is 11.8 Å². The van der Waals surface area contributed by atoms with Gasteiger partial charge in [-0.1, -0.05) is 6.92 Å². The molecule has 1 aliphatic carbocycles. The minimum atomic E-state index is 0.712. The monoisotopic (exact) mass is 159 g/mol. The molecule has 0 heterocycles. The highest BCUT2D eigenvalue weighted by Crippen LogP contribution is 2.32. The summed E-state index contributed by atoms with van der Waals surface area (Å²) in [4.78, 5) is 0. The molecule has 1 atom stereocenters. The predicted octanol–water partition coefficient (Wildman–Crippen LogP) is 1.72. The summed E-state index contributed by atoms with van der Waals surface area (Å²) in [6.07, 6.45) is 2.95. The van der Waals surface area contributed by atoms with Gasteiger partial charge in [0, 0.05) is 0 Å². The van der Waals surface area contributed by atoms with Crippen molar-refractivity contribution in [2.24, 2.45) is 17.6 Å². The highest BCUT2D eigenvalue weighted by atomic mass is 32.2. The van der Waals surface area contributed by atoms with Crippen LogP contribution in [0.1, 0.15) is 19.8 Å². The molecule has 0 amide bonds. The molecule has 0 spiro atoms. The molecule has 0 aromatic carbocycles. The van der Waals surface area contributed by atoms with E-state index in [1.807, 2.05) is 0 Å². The van der Waals surface area contributed by atoms with Crippen LogP contribution in [0.5, 0.6) is 0 Å². The van der Waals surface area contributed by atoms with Gasteiger partial charge in [0.1, 0.15) is 0 Å². The summed E-state index contributed by atoms with van der Waals surface area (Å²) in [6.45, 7) is 3.07. The zero-order valence-electron chi connectivity index (χ0n) is 6.68. The minimum Gasteiger partial charge on any atom is -0.330 e. The van der Waals surface area contributed by atoms with Crippen molar-refractivity contribution in [1.29, 1.82) is 0 Å². The van der Waals surface area contributed by atoms with Crippen molar-refractivity contribution in [3.05, 3.63) is 0 Å². The quantitative estimate of drug-likeness (QED) is 0.661. The van der Waals surface area contributed by atoms with Crippen molar-refractivity contribution in [2.45, 2.75) is 19.8 Å². The van der Waals surface area contributed by atoms with E-state index in [-0.39, 0.29) is 0 Å². The zero-order valence-corrected chi connectivity index (χ0v) is 7.49. The van der Waals surface area contributed by atoms with Crippen LogP contribution in [0, 0.1) is 11.8 Å². The van der Waals surface area contributed by atoms with Gasteiger partial charge in [-0.25, -0.2) is 0 Å². The van der Waals surface area contributed by atoms with Gasteiger partial charge in [0.2, 0.25) is 0 Å². The fourth-order valence-electron chi connectivity index (χ4n) is 0.788. The lowest BCUT2D eigenvalue weighted by Gasteiger charge is -2.06. The number of hydrogen-bond acceptors (Lipinski definition) is 2. The Hall–Kier alpha value is 0.310. The predicted molar refractivity (Wildman–Crippen MR) is 48.3 cm³/mol. The van der Waals surface area contributed by atoms with E-state index in [0.29, 0.717) is 5.92 Å². The summed E-state index contributed by atoms with van der Waals surface area (Å²) >= 11 is 2.08. The topological polar surface area (TPSA) is 26.0 Å². The van der Waals surface area contributed by atoms with Crippen LogP contribution in [0.3, 0.4) is 0 Å². The third-order valence-electron chi connectivity index (χ3n) is 1.86. The van der Waals surface area contributed by atoms with Crippen LogP contribution in [0.15, 0.2) is 0 Å². The number of nitrogens with two attached hydrogens (primary N) is 1. The number of hydrogen-bond donors (Lipinski definition) is 1. The summed E-state index contributed by atoms with van der Waals surface area (Å²) in [6, 6.07) is 0. The van der Waals surface area contributed by atoms with Crippen molar-refractivity contribution in [3.8, 4) is 0 Å². The third kappa shape index (κ3) is 3.47. The Kier molecular flexibility index (Phi) is 3.57. The van der Waals surface area contributed by atoms with Gasteiger partial charge in [0.05, 0.1) is 0 Å². The van der Waals surface area contributed by atoms with Crippen molar-refractivity contribution in [2.75, 3.05) is 18.1 Å². The first-order valence-electron chi connectivity index (χ1n) is 4.10. The molecule has 0 saturated heterocycles. The minimum absolute atomic E-state index is 0.712. The van der Waals surface area contributed by atoms with Crippen LogP contribution in [-0.4, -0.2) is 18.1 Å². The first kappa shape index (κ1) is 8.41. The van der Waals surface area contributed by atoms with Crippen molar-refractivity contribution < 1.29 is 0 Å². The van der Waals surface area contributed by atoms with Crippen molar-refractivity contribution in [1.82, 2.24) is 0 Å². The molecule has 2 N–H and O–H groups in total. The van der Waals surface area contributed by atoms with Gasteiger partial charge in [-0.3, -0.25) is 0 Å². The molecule has 0 aromatic heterocycles. The van der Waals surface area contributed by atoms with Crippen LogP contribution in [0.25, 0.3) is 0 Å². The summed E-state index contributed by atoms with van der Waals surface area (Å²) < 4.78 is 0. The van der Waals surface area contributed by atoms with E-state index < -0.39 is 0 Å². The maximum Gasteiger partial charge on any atom is -0.00296 e. The maximum absolute atomic E-state index is 5.49. The Morgan fingerprint density at radius 3 is 2.80 bits per heavy atom. The molecule has 1 rings (SSSR count). The molecular weight excluding hydrogens is 142 g/mol. The fraction of sp³-hybridized carbons (Fsp3) is 1.00. The normalized spacial score (nSPS) is 21.0. The fourth-order valence-corrected chi connectivity index (χ4v) is 2.13. The second-order valence-corrected chi connectivity index (χ2v) is 4.40. The number of rotatable bonds is 5. The van der Waals surface area contributed by atoms with Gasteiger partial charge in [-0.15, -0.1) is 0 Å². The zero-order chi connectivity index (χ0) is 7.40. The van der Waals surface area contributed by atoms with E-state index >= 15 is 0 Å². The van der Waals surface area contributed by atoms with Crippen LogP contribution in [0.2, 0.25) is 0 Å². The largest absolute Gasteiger partial charge is 0.330 e. The Labute approximate surface area is 67.8 Å². The van der Waals surface area contributed by atoms with Gasteiger partial charge < -0.3 is 5.73 Å². The van der Waals surface area contributed by atoms with Gasteiger partial charge in [0.25, 0.3) is 0 Å². The second-order valence-electron chi connectivity index (χ2n) is 3.32. The molecule has 1 fully saturated rings. The van der Waals surface area contributed by atoms with Gasteiger partial charge >= 0.3 is 0 Å². The molecule has 1 nitrogen and oxygen atoms in total. The van der Waals surface area contributed by atoms with Gasteiger partial charge in [-0.2, -0.15) is 11.8 Å². The summed E-state index contributed by atoms with van der Waals surface area (Å²) in [7, 11) is 0. The Balaban J connectivity index is 1.83. The average Bonchev–Trinajstić information content (AvgIpc) is 2.71. The number of thioether (sulfide) groups is 1. The first-order chi connectivity index (χ1) is 4.83. The second kappa shape index (κ2) is 4.24. The summed E-state index contributed by atoms with van der Waals surface area (Å²) in [5.74, 6) is 4.41. The molecule has 2 heteroatoms. The molecule has 1 aliphatic rings. The lowest BCUT2D eigenvalue weighted by molar-refractivity contribution is 0.675. The van der Waals surface area contributed by atoms with E-state index in [9.17, 15) is 0 Å². The molecule has 0 aliphatic heterocycles. The molecule has 1 unspecified atom stereocenters. The maximum atomic E-state index is 5.49. The van der Waals surface area contributed by atoms with Crippen LogP contribution in [-0.2, 0) is 0 Å². The highest BCUT2D eigenvalue weighted by Gasteiger charge is 2.20. The van der Waals surface area contributed by atoms with Crippen LogP contribution in [0.4, 0.5) is 0 Å². The third-order valence-corrected chi connectivity index (χ3v) is 3.37. The molecule has 10 heavy (non-hydrogen) atoms. The molecular formula is C8H17NS. The molecule has 0 aromatic rings. The van der Waals surface area contributed by atoms with E-state index in [2.05, 4.69) is 18.7 Å². The Bertz CT molecular complexity index is 91.3. The lowest BCUT2D eigenvalue weighted by atomic mass is 10.2. The Morgan fingerprint density at radius 1 is 1.60 bits per heavy atom.